The van der Waals surface area contributed by atoms with E-state index in [9.17, 15) is 0 Å². The minimum Gasteiger partial charge on any atom is -0.377 e. The second kappa shape index (κ2) is 7.19. The van der Waals surface area contributed by atoms with E-state index in [0.717, 1.165) is 17.3 Å². The molecule has 25 heavy (non-hydrogen) atoms. The summed E-state index contributed by atoms with van der Waals surface area (Å²) in [5.74, 6) is 1.65. The number of hydrogen-bond donors (Lipinski definition) is 1. The molecule has 0 spiro atoms. The largest absolute Gasteiger partial charge is 0.377 e. The summed E-state index contributed by atoms with van der Waals surface area (Å²) >= 11 is 0. The molecule has 3 aromatic rings. The van der Waals surface area contributed by atoms with Gasteiger partial charge >= 0.3 is 0 Å². The van der Waals surface area contributed by atoms with Crippen molar-refractivity contribution in [2.45, 2.75) is 46.3 Å². The third kappa shape index (κ3) is 3.96. The molecule has 1 N–H and O–H groups in total. The molecule has 1 aromatic carbocycles. The number of aromatic nitrogens is 4. The van der Waals surface area contributed by atoms with Gasteiger partial charge in [-0.1, -0.05) is 45.0 Å². The molecular weight excluding hydrogens is 314 g/mol. The highest BCUT2D eigenvalue weighted by Gasteiger charge is 2.21. The van der Waals surface area contributed by atoms with Gasteiger partial charge in [0.05, 0.1) is 6.61 Å². The van der Waals surface area contributed by atoms with Gasteiger partial charge in [-0.15, -0.1) is 15.3 Å². The highest BCUT2D eigenvalue weighted by Crippen LogP contribution is 2.21. The van der Waals surface area contributed by atoms with Crippen LogP contribution in [0.5, 0.6) is 0 Å². The minimum atomic E-state index is -0.116. The summed E-state index contributed by atoms with van der Waals surface area (Å²) in [5.41, 5.74) is 3.04. The van der Waals surface area contributed by atoms with Crippen LogP contribution in [0.15, 0.2) is 36.4 Å². The average molecular weight is 339 g/mol. The maximum atomic E-state index is 5.55. The molecule has 0 aliphatic carbocycles. The van der Waals surface area contributed by atoms with Crippen LogP contribution in [0.25, 0.3) is 5.65 Å². The summed E-state index contributed by atoms with van der Waals surface area (Å²) in [4.78, 5) is 0. The van der Waals surface area contributed by atoms with Crippen molar-refractivity contribution in [2.75, 3.05) is 11.9 Å². The Morgan fingerprint density at radius 1 is 1.04 bits per heavy atom. The third-order valence-electron chi connectivity index (χ3n) is 3.97. The van der Waals surface area contributed by atoms with Crippen LogP contribution in [0.2, 0.25) is 0 Å². The first-order chi connectivity index (χ1) is 12.0. The van der Waals surface area contributed by atoms with E-state index in [1.807, 2.05) is 35.7 Å². The van der Waals surface area contributed by atoms with Crippen molar-refractivity contribution in [1.82, 2.24) is 19.8 Å². The Morgan fingerprint density at radius 3 is 2.52 bits per heavy atom. The van der Waals surface area contributed by atoms with Crippen LogP contribution >= 0.6 is 0 Å². The Labute approximate surface area is 148 Å². The number of rotatable bonds is 6. The highest BCUT2D eigenvalue weighted by molar-refractivity contribution is 5.45. The molecule has 0 saturated heterocycles. The number of benzene rings is 1. The maximum Gasteiger partial charge on any atom is 0.178 e. The van der Waals surface area contributed by atoms with Gasteiger partial charge in [-0.2, -0.15) is 4.52 Å². The Kier molecular flexibility index (Phi) is 4.99. The number of ether oxygens (including phenoxy) is 1. The van der Waals surface area contributed by atoms with Crippen LogP contribution in [0, 0.1) is 0 Å². The first-order valence-electron chi connectivity index (χ1n) is 8.60. The second-order valence-electron chi connectivity index (χ2n) is 7.02. The van der Waals surface area contributed by atoms with Crippen molar-refractivity contribution in [2.24, 2.45) is 0 Å². The summed E-state index contributed by atoms with van der Waals surface area (Å²) in [6.07, 6.45) is 0. The van der Waals surface area contributed by atoms with Gasteiger partial charge in [0.1, 0.15) is 5.82 Å². The molecule has 0 aliphatic heterocycles. The molecule has 2 heterocycles. The predicted molar refractivity (Wildman–Crippen MR) is 98.6 cm³/mol. The molecule has 0 saturated carbocycles. The number of hydrogen-bond acceptors (Lipinski definition) is 5. The van der Waals surface area contributed by atoms with Crippen LogP contribution in [0.3, 0.4) is 0 Å². The molecule has 0 amide bonds. The van der Waals surface area contributed by atoms with E-state index in [1.54, 1.807) is 0 Å². The van der Waals surface area contributed by atoms with Gasteiger partial charge in [0, 0.05) is 18.6 Å². The lowest BCUT2D eigenvalue weighted by atomic mass is 9.96. The second-order valence-corrected chi connectivity index (χ2v) is 7.02. The SMILES string of the molecule is CCOCc1ccccc1CNc1ccc2nnc(C(C)(C)C)n2n1. The Morgan fingerprint density at radius 2 is 1.80 bits per heavy atom. The zero-order valence-electron chi connectivity index (χ0n) is 15.3. The lowest BCUT2D eigenvalue weighted by molar-refractivity contribution is 0.133. The molecule has 0 fully saturated rings. The fraction of sp³-hybridized carbons (Fsp3) is 0.421. The van der Waals surface area contributed by atoms with Crippen molar-refractivity contribution < 1.29 is 4.74 Å². The van der Waals surface area contributed by atoms with Gasteiger partial charge in [-0.3, -0.25) is 0 Å². The van der Waals surface area contributed by atoms with Gasteiger partial charge in [-0.25, -0.2) is 0 Å². The molecule has 0 radical (unpaired) electrons. The van der Waals surface area contributed by atoms with E-state index in [1.165, 1.54) is 11.1 Å². The first-order valence-corrected chi connectivity index (χ1v) is 8.60. The smallest absolute Gasteiger partial charge is 0.178 e. The van der Waals surface area contributed by atoms with Gasteiger partial charge in [0.25, 0.3) is 0 Å². The summed E-state index contributed by atoms with van der Waals surface area (Å²) in [5, 5.41) is 16.5. The number of fused-ring (bicyclic) bond motifs is 1. The van der Waals surface area contributed by atoms with Crippen LogP contribution in [-0.4, -0.2) is 26.4 Å². The monoisotopic (exact) mass is 339 g/mol. The third-order valence-corrected chi connectivity index (χ3v) is 3.97. The van der Waals surface area contributed by atoms with Gasteiger partial charge in [0.15, 0.2) is 11.5 Å². The van der Waals surface area contributed by atoms with E-state index in [2.05, 4.69) is 53.5 Å². The quantitative estimate of drug-likeness (QED) is 0.744. The summed E-state index contributed by atoms with van der Waals surface area (Å²) in [6.45, 7) is 10.4. The molecule has 0 atom stereocenters. The molecule has 0 aliphatic rings. The van der Waals surface area contributed by atoms with E-state index >= 15 is 0 Å². The predicted octanol–water partition coefficient (Wildman–Crippen LogP) is 3.57. The fourth-order valence-electron chi connectivity index (χ4n) is 2.62. The summed E-state index contributed by atoms with van der Waals surface area (Å²) < 4.78 is 7.36. The first kappa shape index (κ1) is 17.4. The van der Waals surface area contributed by atoms with Crippen molar-refractivity contribution in [1.29, 1.82) is 0 Å². The maximum absolute atomic E-state index is 5.55. The molecular formula is C19H25N5O. The van der Waals surface area contributed by atoms with Crippen molar-refractivity contribution in [3.63, 3.8) is 0 Å². The molecule has 0 bridgehead atoms. The summed E-state index contributed by atoms with van der Waals surface area (Å²) in [6, 6.07) is 12.2. The molecule has 6 heteroatoms. The molecule has 3 rings (SSSR count). The van der Waals surface area contributed by atoms with E-state index in [0.29, 0.717) is 19.8 Å². The zero-order chi connectivity index (χ0) is 17.9. The Bertz CT molecular complexity index is 850. The zero-order valence-corrected chi connectivity index (χ0v) is 15.3. The van der Waals surface area contributed by atoms with Crippen LogP contribution in [0.4, 0.5) is 5.82 Å². The number of anilines is 1. The molecule has 132 valence electrons. The van der Waals surface area contributed by atoms with Crippen LogP contribution < -0.4 is 5.32 Å². The normalized spacial score (nSPS) is 11.8. The van der Waals surface area contributed by atoms with Crippen molar-refractivity contribution >= 4 is 11.5 Å². The number of nitrogens with one attached hydrogen (secondary N) is 1. The topological polar surface area (TPSA) is 64.3 Å². The standard InChI is InChI=1S/C19H25N5O/c1-5-25-13-15-9-7-6-8-14(15)12-20-16-10-11-17-21-22-18(19(2,3)4)24(17)23-16/h6-11H,5,12-13H2,1-4H3,(H,20,23). The van der Waals surface area contributed by atoms with Crippen LogP contribution in [0.1, 0.15) is 44.6 Å². The average Bonchev–Trinajstić information content (AvgIpc) is 3.02. The molecule has 2 aromatic heterocycles. The van der Waals surface area contributed by atoms with Crippen molar-refractivity contribution in [3.05, 3.63) is 53.3 Å². The fourth-order valence-corrected chi connectivity index (χ4v) is 2.62. The minimum absolute atomic E-state index is 0.116. The summed E-state index contributed by atoms with van der Waals surface area (Å²) in [7, 11) is 0. The van der Waals surface area contributed by atoms with Gasteiger partial charge in [-0.05, 0) is 30.2 Å². The van der Waals surface area contributed by atoms with Gasteiger partial charge in [0.2, 0.25) is 0 Å². The number of nitrogens with zero attached hydrogens (tertiary/aromatic N) is 4. The Hall–Kier alpha value is -2.47. The van der Waals surface area contributed by atoms with Gasteiger partial charge < -0.3 is 10.1 Å². The van der Waals surface area contributed by atoms with E-state index in [-0.39, 0.29) is 5.41 Å². The lowest BCUT2D eigenvalue weighted by Crippen LogP contribution is -2.17. The molecule has 6 nitrogen and oxygen atoms in total. The van der Waals surface area contributed by atoms with Crippen LogP contribution in [-0.2, 0) is 23.3 Å². The molecule has 0 unspecified atom stereocenters. The van der Waals surface area contributed by atoms with E-state index in [4.69, 9.17) is 4.74 Å². The lowest BCUT2D eigenvalue weighted by Gasteiger charge is -2.15. The highest BCUT2D eigenvalue weighted by atomic mass is 16.5. The Balaban J connectivity index is 1.80. The van der Waals surface area contributed by atoms with Crippen molar-refractivity contribution in [3.8, 4) is 0 Å². The van der Waals surface area contributed by atoms with E-state index < -0.39 is 0 Å².